The van der Waals surface area contributed by atoms with Gasteiger partial charge in [0.15, 0.2) is 0 Å². The lowest BCUT2D eigenvalue weighted by molar-refractivity contribution is 0.591. The van der Waals surface area contributed by atoms with E-state index in [1.807, 2.05) is 0 Å². The molecule has 2 aromatic rings. The summed E-state index contributed by atoms with van der Waals surface area (Å²) in [5.74, 6) is -1.82. The number of nitrogens with two attached hydrogens (primary N) is 1. The van der Waals surface area contributed by atoms with Gasteiger partial charge in [0.1, 0.15) is 17.5 Å². The van der Waals surface area contributed by atoms with E-state index in [0.717, 1.165) is 12.1 Å². The first-order valence-electron chi connectivity index (χ1n) is 5.47. The lowest BCUT2D eigenvalue weighted by atomic mass is 10.0. The quantitative estimate of drug-likeness (QED) is 0.868. The third-order valence-electron chi connectivity index (χ3n) is 2.80. The maximum Gasteiger partial charge on any atom is 0.131 e. The van der Waals surface area contributed by atoms with E-state index in [-0.39, 0.29) is 23.2 Å². The van der Waals surface area contributed by atoms with Gasteiger partial charge in [0.25, 0.3) is 0 Å². The highest BCUT2D eigenvalue weighted by molar-refractivity contribution is 5.66. The fraction of sp³-hybridized carbons (Fsp3) is 0.143. The summed E-state index contributed by atoms with van der Waals surface area (Å²) in [4.78, 5) is 0. The van der Waals surface area contributed by atoms with Crippen molar-refractivity contribution in [2.24, 2.45) is 5.73 Å². The Morgan fingerprint density at radius 2 is 1.56 bits per heavy atom. The molecular weight excluding hydrogens is 239 g/mol. The molecule has 0 saturated carbocycles. The van der Waals surface area contributed by atoms with E-state index in [4.69, 9.17) is 5.73 Å². The Balaban J connectivity index is 2.64. The smallest absolute Gasteiger partial charge is 0.131 e. The van der Waals surface area contributed by atoms with Crippen molar-refractivity contribution in [3.63, 3.8) is 0 Å². The van der Waals surface area contributed by atoms with Crippen LogP contribution in [0, 0.1) is 24.4 Å². The zero-order chi connectivity index (χ0) is 13.3. The Hall–Kier alpha value is -1.81. The molecule has 94 valence electrons. The highest BCUT2D eigenvalue weighted by Gasteiger charge is 2.13. The zero-order valence-electron chi connectivity index (χ0n) is 9.81. The summed E-state index contributed by atoms with van der Waals surface area (Å²) in [5, 5.41) is 0. The summed E-state index contributed by atoms with van der Waals surface area (Å²) in [7, 11) is 0. The minimum Gasteiger partial charge on any atom is -0.326 e. The topological polar surface area (TPSA) is 26.0 Å². The van der Waals surface area contributed by atoms with Crippen LogP contribution in [0.1, 0.15) is 11.1 Å². The molecule has 0 heterocycles. The predicted octanol–water partition coefficient (Wildman–Crippen LogP) is 3.54. The molecule has 0 aliphatic carbocycles. The second kappa shape index (κ2) is 4.82. The first kappa shape index (κ1) is 12.6. The molecule has 0 fully saturated rings. The Labute approximate surface area is 103 Å². The second-order valence-electron chi connectivity index (χ2n) is 4.10. The highest BCUT2D eigenvalue weighted by atomic mass is 19.1. The summed E-state index contributed by atoms with van der Waals surface area (Å²) >= 11 is 0. The third kappa shape index (κ3) is 2.24. The van der Waals surface area contributed by atoms with Crippen molar-refractivity contribution in [1.82, 2.24) is 0 Å². The van der Waals surface area contributed by atoms with E-state index in [9.17, 15) is 13.2 Å². The van der Waals surface area contributed by atoms with Gasteiger partial charge in [0, 0.05) is 17.7 Å². The Bertz CT molecular complexity index is 594. The second-order valence-corrected chi connectivity index (χ2v) is 4.10. The van der Waals surface area contributed by atoms with Crippen LogP contribution in [0.4, 0.5) is 13.2 Å². The summed E-state index contributed by atoms with van der Waals surface area (Å²) in [6.45, 7) is 1.66. The van der Waals surface area contributed by atoms with Gasteiger partial charge in [-0.3, -0.25) is 0 Å². The van der Waals surface area contributed by atoms with Crippen molar-refractivity contribution in [3.8, 4) is 11.1 Å². The number of halogens is 3. The zero-order valence-corrected chi connectivity index (χ0v) is 9.81. The maximum absolute atomic E-state index is 13.8. The predicted molar refractivity (Wildman–Crippen MR) is 64.4 cm³/mol. The average Bonchev–Trinajstić information content (AvgIpc) is 2.35. The molecule has 0 saturated heterocycles. The number of hydrogen-bond acceptors (Lipinski definition) is 1. The SMILES string of the molecule is Cc1cc(F)c(-c2cc(CN)ccc2F)cc1F. The first-order valence-corrected chi connectivity index (χ1v) is 5.47. The van der Waals surface area contributed by atoms with Gasteiger partial charge in [0.2, 0.25) is 0 Å². The molecule has 0 bridgehead atoms. The fourth-order valence-electron chi connectivity index (χ4n) is 1.76. The number of benzene rings is 2. The van der Waals surface area contributed by atoms with Crippen LogP contribution in [0.3, 0.4) is 0 Å². The van der Waals surface area contributed by atoms with Crippen LogP contribution in [0.15, 0.2) is 30.3 Å². The maximum atomic E-state index is 13.8. The molecule has 0 spiro atoms. The standard InChI is InChI=1S/C14H12F3N/c1-8-4-14(17)11(6-13(8)16)10-5-9(7-18)2-3-12(10)15/h2-6H,7,18H2,1H3. The molecule has 0 amide bonds. The molecule has 0 atom stereocenters. The van der Waals surface area contributed by atoms with Crippen LogP contribution < -0.4 is 5.73 Å². The van der Waals surface area contributed by atoms with E-state index >= 15 is 0 Å². The molecule has 0 unspecified atom stereocenters. The van der Waals surface area contributed by atoms with Gasteiger partial charge < -0.3 is 5.73 Å². The molecule has 1 nitrogen and oxygen atoms in total. The molecule has 18 heavy (non-hydrogen) atoms. The van der Waals surface area contributed by atoms with Crippen molar-refractivity contribution in [3.05, 3.63) is 58.9 Å². The number of hydrogen-bond donors (Lipinski definition) is 1. The average molecular weight is 251 g/mol. The molecular formula is C14H12F3N. The van der Waals surface area contributed by atoms with Crippen molar-refractivity contribution in [1.29, 1.82) is 0 Å². The first-order chi connectivity index (χ1) is 8.52. The highest BCUT2D eigenvalue weighted by Crippen LogP contribution is 2.28. The van der Waals surface area contributed by atoms with Crippen molar-refractivity contribution >= 4 is 0 Å². The van der Waals surface area contributed by atoms with E-state index in [1.54, 1.807) is 0 Å². The van der Waals surface area contributed by atoms with E-state index in [0.29, 0.717) is 5.56 Å². The van der Waals surface area contributed by atoms with Crippen LogP contribution in [0.25, 0.3) is 11.1 Å². The largest absolute Gasteiger partial charge is 0.326 e. The van der Waals surface area contributed by atoms with Crippen molar-refractivity contribution in [2.45, 2.75) is 13.5 Å². The molecule has 0 aliphatic heterocycles. The van der Waals surface area contributed by atoms with Crippen LogP contribution >= 0.6 is 0 Å². The lowest BCUT2D eigenvalue weighted by Gasteiger charge is -2.08. The molecule has 0 radical (unpaired) electrons. The minimum atomic E-state index is -0.651. The minimum absolute atomic E-state index is 0.0225. The summed E-state index contributed by atoms with van der Waals surface area (Å²) in [6, 6.07) is 6.21. The van der Waals surface area contributed by atoms with Gasteiger partial charge in [-0.1, -0.05) is 6.07 Å². The lowest BCUT2D eigenvalue weighted by Crippen LogP contribution is -1.99. The molecule has 4 heteroatoms. The Morgan fingerprint density at radius 3 is 2.22 bits per heavy atom. The van der Waals surface area contributed by atoms with Gasteiger partial charge >= 0.3 is 0 Å². The molecule has 2 aromatic carbocycles. The van der Waals surface area contributed by atoms with Gasteiger partial charge in [-0.2, -0.15) is 0 Å². The summed E-state index contributed by atoms with van der Waals surface area (Å²) < 4.78 is 40.9. The number of rotatable bonds is 2. The van der Waals surface area contributed by atoms with Crippen molar-refractivity contribution < 1.29 is 13.2 Å². The molecule has 0 aromatic heterocycles. The monoisotopic (exact) mass is 251 g/mol. The molecule has 2 N–H and O–H groups in total. The van der Waals surface area contributed by atoms with Gasteiger partial charge in [-0.25, -0.2) is 13.2 Å². The third-order valence-corrected chi connectivity index (χ3v) is 2.80. The van der Waals surface area contributed by atoms with Gasteiger partial charge in [-0.15, -0.1) is 0 Å². The molecule has 0 aliphatic rings. The fourth-order valence-corrected chi connectivity index (χ4v) is 1.76. The van der Waals surface area contributed by atoms with Crippen molar-refractivity contribution in [2.75, 3.05) is 0 Å². The van der Waals surface area contributed by atoms with E-state index in [1.165, 1.54) is 25.1 Å². The molecule has 2 rings (SSSR count). The Morgan fingerprint density at radius 1 is 0.889 bits per heavy atom. The van der Waals surface area contributed by atoms with E-state index in [2.05, 4.69) is 0 Å². The van der Waals surface area contributed by atoms with Gasteiger partial charge in [0.05, 0.1) is 0 Å². The van der Waals surface area contributed by atoms with Crippen LogP contribution in [-0.4, -0.2) is 0 Å². The Kier molecular flexibility index (Phi) is 3.39. The van der Waals surface area contributed by atoms with Gasteiger partial charge in [-0.05, 0) is 42.3 Å². The summed E-state index contributed by atoms with van der Waals surface area (Å²) in [5.41, 5.74) is 6.23. The van der Waals surface area contributed by atoms with Crippen LogP contribution in [0.5, 0.6) is 0 Å². The summed E-state index contributed by atoms with van der Waals surface area (Å²) in [6.07, 6.45) is 0. The normalized spacial score (nSPS) is 10.7. The number of aryl methyl sites for hydroxylation is 1. The van der Waals surface area contributed by atoms with E-state index < -0.39 is 17.5 Å². The van der Waals surface area contributed by atoms with Crippen LogP contribution in [-0.2, 0) is 6.54 Å². The van der Waals surface area contributed by atoms with Crippen LogP contribution in [0.2, 0.25) is 0 Å².